The minimum Gasteiger partial charge on any atom is -0.336 e. The normalized spacial score (nSPS) is 22.3. The largest absolute Gasteiger partial charge is 0.336 e. The van der Waals surface area contributed by atoms with Crippen LogP contribution in [-0.4, -0.2) is 49.4 Å². The fraction of sp³-hybridized carbons (Fsp3) is 0.400. The number of thioether (sulfide) groups is 1. The summed E-state index contributed by atoms with van der Waals surface area (Å²) < 4.78 is 1.64. The molecule has 1 aromatic carbocycles. The van der Waals surface area contributed by atoms with Gasteiger partial charge in [-0.15, -0.1) is 5.10 Å². The maximum absolute atomic E-state index is 12.9. The van der Waals surface area contributed by atoms with Gasteiger partial charge in [0.05, 0.1) is 23.6 Å². The van der Waals surface area contributed by atoms with Gasteiger partial charge in [-0.25, -0.2) is 4.68 Å². The zero-order chi connectivity index (χ0) is 14.8. The zero-order valence-corrected chi connectivity index (χ0v) is 13.0. The minimum absolute atomic E-state index is 0.0695. The molecule has 0 unspecified atom stereocenters. The van der Waals surface area contributed by atoms with Crippen molar-refractivity contribution in [2.45, 2.75) is 24.3 Å². The molecule has 3 rings (SSSR count). The van der Waals surface area contributed by atoms with Gasteiger partial charge in [-0.2, -0.15) is 11.8 Å². The number of para-hydroxylation sites is 1. The molecule has 1 aliphatic rings. The van der Waals surface area contributed by atoms with Crippen LogP contribution in [0.4, 0.5) is 0 Å². The summed E-state index contributed by atoms with van der Waals surface area (Å²) in [5, 5.41) is 8.75. The fourth-order valence-electron chi connectivity index (χ4n) is 2.71. The first kappa shape index (κ1) is 14.1. The summed E-state index contributed by atoms with van der Waals surface area (Å²) in [7, 11) is 0. The molecule has 21 heavy (non-hydrogen) atoms. The molecule has 5 nitrogen and oxygen atoms in total. The van der Waals surface area contributed by atoms with E-state index < -0.39 is 0 Å². The Morgan fingerprint density at radius 1 is 1.24 bits per heavy atom. The average Bonchev–Trinajstić information content (AvgIpc) is 2.99. The predicted molar refractivity (Wildman–Crippen MR) is 83.8 cm³/mol. The summed E-state index contributed by atoms with van der Waals surface area (Å²) in [6.07, 6.45) is 3.37. The van der Waals surface area contributed by atoms with E-state index in [9.17, 15) is 4.79 Å². The van der Waals surface area contributed by atoms with E-state index in [0.29, 0.717) is 16.1 Å². The van der Waals surface area contributed by atoms with Crippen molar-refractivity contribution < 1.29 is 4.79 Å². The van der Waals surface area contributed by atoms with Crippen molar-refractivity contribution in [3.8, 4) is 5.69 Å². The molecule has 0 aliphatic carbocycles. The molecule has 0 spiro atoms. The number of rotatable bonds is 2. The number of hydrogen-bond donors (Lipinski definition) is 0. The van der Waals surface area contributed by atoms with Crippen LogP contribution in [0.3, 0.4) is 0 Å². The molecule has 1 fully saturated rings. The summed E-state index contributed by atoms with van der Waals surface area (Å²) in [6, 6.07) is 7.55. The minimum atomic E-state index is 0.0695. The molecule has 0 bridgehead atoms. The summed E-state index contributed by atoms with van der Waals surface area (Å²) in [4.78, 5) is 14.8. The van der Waals surface area contributed by atoms with Gasteiger partial charge in [0.25, 0.3) is 5.91 Å². The van der Waals surface area contributed by atoms with E-state index in [1.807, 2.05) is 40.9 Å². The smallest absolute Gasteiger partial charge is 0.256 e. The molecule has 6 heteroatoms. The number of benzene rings is 1. The van der Waals surface area contributed by atoms with Crippen molar-refractivity contribution in [1.82, 2.24) is 19.9 Å². The Labute approximate surface area is 128 Å². The molecule has 0 radical (unpaired) electrons. The van der Waals surface area contributed by atoms with Gasteiger partial charge in [0.1, 0.15) is 0 Å². The van der Waals surface area contributed by atoms with Crippen LogP contribution >= 0.6 is 11.8 Å². The zero-order valence-electron chi connectivity index (χ0n) is 12.1. The number of hydrogen-bond acceptors (Lipinski definition) is 4. The molecule has 2 aromatic rings. The van der Waals surface area contributed by atoms with E-state index in [1.165, 1.54) is 0 Å². The first-order valence-electron chi connectivity index (χ1n) is 7.05. The van der Waals surface area contributed by atoms with Crippen molar-refractivity contribution >= 4 is 17.7 Å². The standard InChI is InChI=1S/C15H18N4OS/c1-11-9-18(10-12(2)21-11)15(20)13-5-3-4-6-14(13)19-8-7-16-17-19/h3-8,11-12H,9-10H2,1-2H3/t11-,12-/m0/s1. The van der Waals surface area contributed by atoms with Gasteiger partial charge >= 0.3 is 0 Å². The molecule has 1 amide bonds. The molecule has 0 saturated carbocycles. The quantitative estimate of drug-likeness (QED) is 0.853. The summed E-state index contributed by atoms with van der Waals surface area (Å²) in [5.74, 6) is 0.0695. The predicted octanol–water partition coefficient (Wildman–Crippen LogP) is 2.23. The van der Waals surface area contributed by atoms with Crippen molar-refractivity contribution in [2.24, 2.45) is 0 Å². The van der Waals surface area contributed by atoms with E-state index in [1.54, 1.807) is 17.1 Å². The number of carbonyl (C=O) groups is 1. The fourth-order valence-corrected chi connectivity index (χ4v) is 4.03. The topological polar surface area (TPSA) is 51.0 Å². The Bertz CT molecular complexity index is 618. The lowest BCUT2D eigenvalue weighted by molar-refractivity contribution is 0.0753. The SMILES string of the molecule is C[C@H]1CN(C(=O)c2ccccc2-n2ccnn2)C[C@H](C)S1. The highest BCUT2D eigenvalue weighted by atomic mass is 32.2. The number of carbonyl (C=O) groups excluding carboxylic acids is 1. The molecule has 1 saturated heterocycles. The lowest BCUT2D eigenvalue weighted by atomic mass is 10.1. The van der Waals surface area contributed by atoms with E-state index >= 15 is 0 Å². The Balaban J connectivity index is 1.92. The van der Waals surface area contributed by atoms with Crippen LogP contribution in [0.15, 0.2) is 36.7 Å². The van der Waals surface area contributed by atoms with E-state index in [2.05, 4.69) is 24.2 Å². The van der Waals surface area contributed by atoms with Gasteiger partial charge in [0.2, 0.25) is 0 Å². The second kappa shape index (κ2) is 5.89. The molecule has 110 valence electrons. The Hall–Kier alpha value is -1.82. The van der Waals surface area contributed by atoms with Crippen molar-refractivity contribution in [1.29, 1.82) is 0 Å². The Morgan fingerprint density at radius 3 is 2.62 bits per heavy atom. The lowest BCUT2D eigenvalue weighted by Crippen LogP contribution is -2.44. The van der Waals surface area contributed by atoms with Crippen LogP contribution in [0.2, 0.25) is 0 Å². The van der Waals surface area contributed by atoms with Crippen molar-refractivity contribution in [3.63, 3.8) is 0 Å². The summed E-state index contributed by atoms with van der Waals surface area (Å²) in [5.41, 5.74) is 1.45. The molecule has 1 aliphatic heterocycles. The van der Waals surface area contributed by atoms with Crippen LogP contribution in [0, 0.1) is 0 Å². The third-order valence-electron chi connectivity index (χ3n) is 3.51. The van der Waals surface area contributed by atoms with Gasteiger partial charge < -0.3 is 4.90 Å². The van der Waals surface area contributed by atoms with Crippen molar-refractivity contribution in [2.75, 3.05) is 13.1 Å². The third-order valence-corrected chi connectivity index (χ3v) is 4.74. The molecule has 2 heterocycles. The first-order chi connectivity index (χ1) is 10.1. The highest BCUT2D eigenvalue weighted by Gasteiger charge is 2.27. The molecule has 2 atom stereocenters. The average molecular weight is 302 g/mol. The maximum Gasteiger partial charge on any atom is 0.256 e. The monoisotopic (exact) mass is 302 g/mol. The van der Waals surface area contributed by atoms with Gasteiger partial charge in [0.15, 0.2) is 0 Å². The van der Waals surface area contributed by atoms with Gasteiger partial charge in [0, 0.05) is 23.6 Å². The van der Waals surface area contributed by atoms with Crippen LogP contribution < -0.4 is 0 Å². The summed E-state index contributed by atoms with van der Waals surface area (Å²) >= 11 is 1.94. The van der Waals surface area contributed by atoms with E-state index in [4.69, 9.17) is 0 Å². The molecular weight excluding hydrogens is 284 g/mol. The Kier molecular flexibility index (Phi) is 3.96. The summed E-state index contributed by atoms with van der Waals surface area (Å²) in [6.45, 7) is 5.92. The molecule has 0 N–H and O–H groups in total. The highest BCUT2D eigenvalue weighted by molar-refractivity contribution is 8.00. The number of aromatic nitrogens is 3. The molecule has 1 aromatic heterocycles. The number of nitrogens with zero attached hydrogens (tertiary/aromatic N) is 4. The second-order valence-electron chi connectivity index (χ2n) is 5.33. The second-order valence-corrected chi connectivity index (χ2v) is 7.21. The van der Waals surface area contributed by atoms with Crippen LogP contribution in [0.5, 0.6) is 0 Å². The van der Waals surface area contributed by atoms with Gasteiger partial charge in [-0.3, -0.25) is 4.79 Å². The van der Waals surface area contributed by atoms with Crippen LogP contribution in [0.25, 0.3) is 5.69 Å². The van der Waals surface area contributed by atoms with Crippen LogP contribution in [-0.2, 0) is 0 Å². The number of amides is 1. The maximum atomic E-state index is 12.9. The van der Waals surface area contributed by atoms with Crippen LogP contribution in [0.1, 0.15) is 24.2 Å². The van der Waals surface area contributed by atoms with E-state index in [-0.39, 0.29) is 5.91 Å². The molecular formula is C15H18N4OS. The van der Waals surface area contributed by atoms with Gasteiger partial charge in [-0.1, -0.05) is 31.2 Å². The van der Waals surface area contributed by atoms with Gasteiger partial charge in [-0.05, 0) is 12.1 Å². The lowest BCUT2D eigenvalue weighted by Gasteiger charge is -2.34. The van der Waals surface area contributed by atoms with E-state index in [0.717, 1.165) is 18.8 Å². The highest BCUT2D eigenvalue weighted by Crippen LogP contribution is 2.26. The Morgan fingerprint density at radius 2 is 1.95 bits per heavy atom. The van der Waals surface area contributed by atoms with Crippen molar-refractivity contribution in [3.05, 3.63) is 42.2 Å². The third kappa shape index (κ3) is 2.95. The first-order valence-corrected chi connectivity index (χ1v) is 8.00.